The highest BCUT2D eigenvalue weighted by Gasteiger charge is 2.37. The lowest BCUT2D eigenvalue weighted by Gasteiger charge is -2.23. The van der Waals surface area contributed by atoms with Gasteiger partial charge in [0.25, 0.3) is 5.91 Å². The molecule has 3 aromatic rings. The number of carbonyl (C=O) groups is 3. The first-order valence-electron chi connectivity index (χ1n) is 13.9. The minimum Gasteiger partial charge on any atom is -0.618 e. The van der Waals surface area contributed by atoms with Gasteiger partial charge in [-0.1, -0.05) is 38.1 Å². The molecule has 0 saturated carbocycles. The quantitative estimate of drug-likeness (QED) is 0.315. The van der Waals surface area contributed by atoms with Crippen LogP contribution in [0.5, 0.6) is 0 Å². The summed E-state index contributed by atoms with van der Waals surface area (Å²) in [6.07, 6.45) is 0.458. The highest BCUT2D eigenvalue weighted by molar-refractivity contribution is 7.89. The molecule has 206 valence electrons. The average Bonchev–Trinajstić information content (AvgIpc) is 3.02. The minimum atomic E-state index is -4.80. The monoisotopic (exact) mass is 556 g/mol. The van der Waals surface area contributed by atoms with Crippen LogP contribution in [-0.2, 0) is 19.6 Å². The summed E-state index contributed by atoms with van der Waals surface area (Å²) in [4.78, 5) is 44.3. The van der Waals surface area contributed by atoms with Crippen LogP contribution in [0.2, 0.25) is 0 Å². The Morgan fingerprint density at radius 2 is 1.95 bits per heavy atom. The van der Waals surface area contributed by atoms with E-state index in [0.717, 1.165) is 17.6 Å². The zero-order valence-corrected chi connectivity index (χ0v) is 22.3. The summed E-state index contributed by atoms with van der Waals surface area (Å²) in [5, 5.41) is 17.1. The van der Waals surface area contributed by atoms with E-state index in [2.05, 4.69) is 15.6 Å². The van der Waals surface area contributed by atoms with Crippen LogP contribution in [0, 0.1) is 11.1 Å². The number of amides is 2. The number of pyridine rings is 2. The van der Waals surface area contributed by atoms with E-state index < -0.39 is 64.2 Å². The van der Waals surface area contributed by atoms with Crippen molar-refractivity contribution in [3.63, 3.8) is 0 Å². The maximum atomic E-state index is 13.4. The number of fused-ring (bicyclic) bond motifs is 1. The van der Waals surface area contributed by atoms with E-state index in [4.69, 9.17) is 4.11 Å². The van der Waals surface area contributed by atoms with Gasteiger partial charge in [-0.3, -0.25) is 14.4 Å². The summed E-state index contributed by atoms with van der Waals surface area (Å²) in [5.74, 6) is -3.19. The molecule has 39 heavy (non-hydrogen) atoms. The van der Waals surface area contributed by atoms with Crippen molar-refractivity contribution in [1.29, 1.82) is 0 Å². The molecule has 1 unspecified atom stereocenters. The molecule has 2 amide bonds. The van der Waals surface area contributed by atoms with Crippen molar-refractivity contribution in [2.45, 2.75) is 50.2 Å². The predicted molar refractivity (Wildman–Crippen MR) is 143 cm³/mol. The third-order valence-corrected chi connectivity index (χ3v) is 7.76. The van der Waals surface area contributed by atoms with E-state index in [9.17, 15) is 28.0 Å². The Morgan fingerprint density at radius 1 is 1.21 bits per heavy atom. The number of nitrogens with zero attached hydrogens (tertiary/aromatic N) is 3. The molecule has 1 aromatic carbocycles. The lowest BCUT2D eigenvalue weighted by atomic mass is 10.0. The summed E-state index contributed by atoms with van der Waals surface area (Å²) in [5.41, 5.74) is 0.624. The molecule has 2 atom stereocenters. The molecule has 0 bridgehead atoms. The van der Waals surface area contributed by atoms with E-state index in [1.165, 1.54) is 18.2 Å². The van der Waals surface area contributed by atoms with Gasteiger partial charge in [0.2, 0.25) is 5.91 Å². The van der Waals surface area contributed by atoms with Gasteiger partial charge in [0, 0.05) is 24.1 Å². The second-order valence-electron chi connectivity index (χ2n) is 9.50. The van der Waals surface area contributed by atoms with Crippen molar-refractivity contribution >= 4 is 38.5 Å². The molecule has 2 N–H and O–H groups in total. The number of hydrogen-bond donors (Lipinski definition) is 2. The van der Waals surface area contributed by atoms with Crippen molar-refractivity contribution in [2.75, 3.05) is 13.0 Å². The molecular formula is C27H31N5O6S. The molecule has 1 saturated heterocycles. The Labute approximate surface area is 231 Å². The van der Waals surface area contributed by atoms with Gasteiger partial charge in [-0.05, 0) is 43.4 Å². The molecule has 11 nitrogen and oxygen atoms in total. The zero-order chi connectivity index (χ0) is 30.9. The molecule has 0 radical (unpaired) electrons. The fourth-order valence-corrected chi connectivity index (χ4v) is 5.47. The third-order valence-electron chi connectivity index (χ3n) is 6.07. The highest BCUT2D eigenvalue weighted by atomic mass is 32.2. The van der Waals surface area contributed by atoms with Crippen molar-refractivity contribution in [2.24, 2.45) is 5.92 Å². The molecule has 0 spiro atoms. The van der Waals surface area contributed by atoms with Gasteiger partial charge in [0.05, 0.1) is 22.1 Å². The number of hydrogen-bond acceptors (Lipinski definition) is 7. The zero-order valence-electron chi connectivity index (χ0n) is 24.5. The molecular weight excluding hydrogens is 522 g/mol. The maximum absolute atomic E-state index is 13.4. The molecule has 0 aliphatic carbocycles. The highest BCUT2D eigenvalue weighted by Crippen LogP contribution is 2.18. The number of ketones is 1. The number of carbonyl (C=O) groups excluding carboxylic acids is 3. The molecule has 4 rings (SSSR count). The molecule has 2 aromatic heterocycles. The Hall–Kier alpha value is -3.90. The van der Waals surface area contributed by atoms with Crippen LogP contribution < -0.4 is 15.4 Å². The number of benzene rings is 1. The van der Waals surface area contributed by atoms with Gasteiger partial charge < -0.3 is 15.8 Å². The molecule has 1 aliphatic rings. The van der Waals surface area contributed by atoms with E-state index in [1.54, 1.807) is 32.0 Å². The van der Waals surface area contributed by atoms with E-state index >= 15 is 0 Å². The fourth-order valence-electron chi connectivity index (χ4n) is 4.14. The first kappa shape index (κ1) is 24.2. The SMILES string of the molecule is [2H]C1(NC(=O)[C@H](CC(C)C)NC(=O)c2ccc3ccccc3n2)CCCN(S(=O)(=O)c2cccc[n+]2[O-])C([2H])([2H])C1=O. The number of rotatable bonds is 8. The summed E-state index contributed by atoms with van der Waals surface area (Å²) in [7, 11) is -4.80. The number of Topliss-reactive ketones (excluding diaryl/α,β-unsaturated/α-hetero) is 1. The molecule has 3 heterocycles. The number of para-hydroxylation sites is 1. The van der Waals surface area contributed by atoms with Crippen LogP contribution in [0.15, 0.2) is 65.8 Å². The molecule has 12 heteroatoms. The van der Waals surface area contributed by atoms with E-state index in [-0.39, 0.29) is 33.5 Å². The van der Waals surface area contributed by atoms with Crippen molar-refractivity contribution in [3.05, 3.63) is 71.7 Å². The number of sulfonamides is 1. The summed E-state index contributed by atoms with van der Waals surface area (Å²) in [6.45, 7) is -0.187. The first-order valence-corrected chi connectivity index (χ1v) is 13.9. The van der Waals surface area contributed by atoms with Crippen molar-refractivity contribution in [1.82, 2.24) is 19.9 Å². The first-order chi connectivity index (χ1) is 19.7. The van der Waals surface area contributed by atoms with E-state index in [0.29, 0.717) is 5.52 Å². The van der Waals surface area contributed by atoms with Gasteiger partial charge in [-0.15, -0.1) is 0 Å². The van der Waals surface area contributed by atoms with Crippen molar-refractivity contribution < 1.29 is 31.6 Å². The fraction of sp³-hybridized carbons (Fsp3) is 0.370. The molecule has 1 fully saturated rings. The lowest BCUT2D eigenvalue weighted by Crippen LogP contribution is -2.53. The van der Waals surface area contributed by atoms with E-state index in [1.807, 2.05) is 12.1 Å². The summed E-state index contributed by atoms with van der Waals surface area (Å²) < 4.78 is 52.4. The predicted octanol–water partition coefficient (Wildman–Crippen LogP) is 1.55. The van der Waals surface area contributed by atoms with Gasteiger partial charge in [-0.25, -0.2) is 13.4 Å². The van der Waals surface area contributed by atoms with Gasteiger partial charge in [-0.2, -0.15) is 9.04 Å². The van der Waals surface area contributed by atoms with Crippen LogP contribution in [-0.4, -0.2) is 60.4 Å². The second-order valence-corrected chi connectivity index (χ2v) is 11.3. The Kier molecular flexibility index (Phi) is 7.35. The largest absolute Gasteiger partial charge is 0.618 e. The lowest BCUT2D eigenvalue weighted by molar-refractivity contribution is -0.646. The van der Waals surface area contributed by atoms with Crippen LogP contribution in [0.3, 0.4) is 0 Å². The van der Waals surface area contributed by atoms with Gasteiger partial charge in [0.1, 0.15) is 11.7 Å². The Balaban J connectivity index is 1.57. The normalized spacial score (nSPS) is 21.8. The van der Waals surface area contributed by atoms with Gasteiger partial charge in [0.15, 0.2) is 12.0 Å². The molecule has 1 aliphatic heterocycles. The topological polar surface area (TPSA) is 152 Å². The van der Waals surface area contributed by atoms with Crippen LogP contribution in [0.25, 0.3) is 10.9 Å². The summed E-state index contributed by atoms with van der Waals surface area (Å²) >= 11 is 0. The Morgan fingerprint density at radius 3 is 2.69 bits per heavy atom. The number of nitrogens with one attached hydrogen (secondary N) is 2. The second kappa shape index (κ2) is 11.9. The maximum Gasteiger partial charge on any atom is 0.323 e. The number of aromatic nitrogens is 2. The Bertz CT molecular complexity index is 1640. The summed E-state index contributed by atoms with van der Waals surface area (Å²) in [6, 6.07) is 10.2. The van der Waals surface area contributed by atoms with Crippen LogP contribution in [0.4, 0.5) is 0 Å². The van der Waals surface area contributed by atoms with Crippen molar-refractivity contribution in [3.8, 4) is 0 Å². The van der Waals surface area contributed by atoms with Crippen LogP contribution >= 0.6 is 0 Å². The van der Waals surface area contributed by atoms with Crippen LogP contribution in [0.1, 0.15) is 47.7 Å². The third kappa shape index (κ3) is 6.58. The van der Waals surface area contributed by atoms with Gasteiger partial charge >= 0.3 is 15.0 Å². The average molecular weight is 557 g/mol. The standard InChI is InChI=1S/C27H31N5O6S/c1-18(2)16-23(30-26(34)22-13-12-19-8-3-4-9-20(19)28-22)27(35)29-21-10-7-14-31(17-24(21)33)39(37,38)25-11-5-6-15-32(25)36/h3-6,8-9,11-13,15,18,21,23H,7,10,14,16-17H2,1-2H3,(H,29,35)(H,30,34)/t21?,23-/m0/s1/i17D2,21D. The minimum absolute atomic E-state index is 0.0418. The smallest absolute Gasteiger partial charge is 0.323 e.